The van der Waals surface area contributed by atoms with Gasteiger partial charge in [0.15, 0.2) is 0 Å². The summed E-state index contributed by atoms with van der Waals surface area (Å²) < 4.78 is 37.9. The van der Waals surface area contributed by atoms with E-state index in [0.29, 0.717) is 29.7 Å². The summed E-state index contributed by atoms with van der Waals surface area (Å²) >= 11 is 0. The molecule has 10 nitrogen and oxygen atoms in total. The van der Waals surface area contributed by atoms with Crippen LogP contribution < -0.4 is 24.8 Å². The topological polar surface area (TPSA) is 127 Å². The van der Waals surface area contributed by atoms with E-state index in [1.54, 1.807) is 18.3 Å². The molecule has 0 aliphatic carbocycles. The number of aromatic nitrogens is 3. The summed E-state index contributed by atoms with van der Waals surface area (Å²) in [6.45, 7) is 0.461. The van der Waals surface area contributed by atoms with Crippen molar-refractivity contribution in [3.8, 4) is 11.5 Å². The number of methoxy groups -OCH3 is 2. The highest BCUT2D eigenvalue weighted by Gasteiger charge is 2.19. The van der Waals surface area contributed by atoms with E-state index < -0.39 is 10.0 Å². The van der Waals surface area contributed by atoms with Gasteiger partial charge in [-0.15, -0.1) is 0 Å². The van der Waals surface area contributed by atoms with Crippen molar-refractivity contribution in [1.82, 2.24) is 19.7 Å². The molecule has 3 aromatic rings. The van der Waals surface area contributed by atoms with Gasteiger partial charge in [0.1, 0.15) is 40.2 Å². The predicted octanol–water partition coefficient (Wildman–Crippen LogP) is 2.02. The molecule has 30 heavy (non-hydrogen) atoms. The van der Waals surface area contributed by atoms with Gasteiger partial charge >= 0.3 is 0 Å². The van der Waals surface area contributed by atoms with Gasteiger partial charge in [-0.25, -0.2) is 28.1 Å². The highest BCUT2D eigenvalue weighted by Crippen LogP contribution is 2.28. The van der Waals surface area contributed by atoms with Crippen molar-refractivity contribution in [2.75, 3.05) is 37.9 Å². The molecule has 0 unspecified atom stereocenters. The van der Waals surface area contributed by atoms with Gasteiger partial charge in [-0.2, -0.15) is 0 Å². The number of hydrogen-bond donors (Lipinski definition) is 3. The number of rotatable bonds is 10. The van der Waals surface area contributed by atoms with Gasteiger partial charge in [0.2, 0.25) is 10.0 Å². The Balaban J connectivity index is 1.56. The van der Waals surface area contributed by atoms with Gasteiger partial charge in [0, 0.05) is 31.4 Å². The predicted molar refractivity (Wildman–Crippen MR) is 113 cm³/mol. The van der Waals surface area contributed by atoms with Crippen LogP contribution in [0.4, 0.5) is 17.5 Å². The molecule has 0 amide bonds. The highest BCUT2D eigenvalue weighted by molar-refractivity contribution is 7.89. The monoisotopic (exact) mass is 430 g/mol. The lowest BCUT2D eigenvalue weighted by atomic mass is 10.3. The summed E-state index contributed by atoms with van der Waals surface area (Å²) in [4.78, 5) is 12.5. The first-order valence-corrected chi connectivity index (χ1v) is 10.5. The molecule has 0 saturated heterocycles. The van der Waals surface area contributed by atoms with Crippen LogP contribution in [0.1, 0.15) is 0 Å². The first kappa shape index (κ1) is 21.3. The number of sulfonamides is 1. The second-order valence-electron chi connectivity index (χ2n) is 5.97. The van der Waals surface area contributed by atoms with E-state index in [1.807, 2.05) is 18.2 Å². The normalized spacial score (nSPS) is 11.0. The average molecular weight is 430 g/mol. The van der Waals surface area contributed by atoms with Crippen molar-refractivity contribution in [3.05, 3.63) is 55.0 Å². The molecule has 0 aliphatic heterocycles. The molecule has 0 radical (unpaired) electrons. The number of hydrogen-bond acceptors (Lipinski definition) is 9. The van der Waals surface area contributed by atoms with E-state index in [9.17, 15) is 8.42 Å². The average Bonchev–Trinajstić information content (AvgIpc) is 2.77. The second-order valence-corrected chi connectivity index (χ2v) is 7.71. The fraction of sp³-hybridized carbons (Fsp3) is 0.211. The fourth-order valence-corrected chi connectivity index (χ4v) is 3.72. The van der Waals surface area contributed by atoms with Gasteiger partial charge < -0.3 is 20.1 Å². The summed E-state index contributed by atoms with van der Waals surface area (Å²) in [6, 6.07) is 11.7. The Morgan fingerprint density at radius 3 is 2.47 bits per heavy atom. The maximum atomic E-state index is 12.6. The summed E-state index contributed by atoms with van der Waals surface area (Å²) in [5.74, 6) is 2.48. The molecule has 0 saturated carbocycles. The molecule has 0 atom stereocenters. The van der Waals surface area contributed by atoms with Crippen LogP contribution in [0.2, 0.25) is 0 Å². The highest BCUT2D eigenvalue weighted by atomic mass is 32.2. The summed E-state index contributed by atoms with van der Waals surface area (Å²) in [5, 5.41) is 6.12. The Morgan fingerprint density at radius 1 is 0.900 bits per heavy atom. The second kappa shape index (κ2) is 9.85. The molecule has 3 N–H and O–H groups in total. The van der Waals surface area contributed by atoms with Gasteiger partial charge in [-0.05, 0) is 24.3 Å². The zero-order valence-corrected chi connectivity index (χ0v) is 17.3. The Kier molecular flexibility index (Phi) is 6.99. The molecule has 11 heteroatoms. The molecule has 0 fully saturated rings. The third-order valence-electron chi connectivity index (χ3n) is 3.97. The maximum absolute atomic E-state index is 12.6. The molecule has 2 heterocycles. The van der Waals surface area contributed by atoms with Gasteiger partial charge in [-0.1, -0.05) is 6.07 Å². The smallest absolute Gasteiger partial charge is 0.244 e. The standard InChI is InChI=1S/C19H22N6O4S/c1-28-14-6-7-16(15(11-14)29-2)30(26,27)24-10-9-21-18-12-19(23-13-22-18)25-17-5-3-4-8-20-17/h3-8,11-13,24H,9-10H2,1-2H3,(H2,20,21,22,23,25). The zero-order valence-electron chi connectivity index (χ0n) is 16.5. The largest absolute Gasteiger partial charge is 0.497 e. The van der Waals surface area contributed by atoms with Crippen LogP contribution in [0.25, 0.3) is 0 Å². The molecule has 0 aliphatic rings. The number of anilines is 3. The molecule has 0 bridgehead atoms. The molecule has 2 aromatic heterocycles. The van der Waals surface area contributed by atoms with E-state index in [2.05, 4.69) is 30.3 Å². The summed E-state index contributed by atoms with van der Waals surface area (Å²) in [6.07, 6.45) is 3.08. The van der Waals surface area contributed by atoms with E-state index in [0.717, 1.165) is 0 Å². The van der Waals surface area contributed by atoms with Crippen LogP contribution in [0.3, 0.4) is 0 Å². The van der Waals surface area contributed by atoms with Crippen molar-refractivity contribution in [2.45, 2.75) is 4.90 Å². The van der Waals surface area contributed by atoms with Gasteiger partial charge in [-0.3, -0.25) is 0 Å². The molecular weight excluding hydrogens is 408 g/mol. The van der Waals surface area contributed by atoms with Crippen molar-refractivity contribution in [2.24, 2.45) is 0 Å². The van der Waals surface area contributed by atoms with Crippen molar-refractivity contribution >= 4 is 27.5 Å². The van der Waals surface area contributed by atoms with Crippen LogP contribution in [0.5, 0.6) is 11.5 Å². The molecule has 3 rings (SSSR count). The lowest BCUT2D eigenvalue weighted by Gasteiger charge is -2.12. The lowest BCUT2D eigenvalue weighted by molar-refractivity contribution is 0.386. The van der Waals surface area contributed by atoms with E-state index in [4.69, 9.17) is 9.47 Å². The number of nitrogens with one attached hydrogen (secondary N) is 3. The van der Waals surface area contributed by atoms with Crippen LogP contribution in [0, 0.1) is 0 Å². The fourth-order valence-electron chi connectivity index (χ4n) is 2.54. The Morgan fingerprint density at radius 2 is 1.73 bits per heavy atom. The van der Waals surface area contributed by atoms with E-state index in [-0.39, 0.29) is 17.2 Å². The molecule has 158 valence electrons. The van der Waals surface area contributed by atoms with Crippen LogP contribution in [0.15, 0.2) is 59.9 Å². The molecular formula is C19H22N6O4S. The Bertz CT molecular complexity index is 1080. The van der Waals surface area contributed by atoms with Crippen molar-refractivity contribution in [1.29, 1.82) is 0 Å². The van der Waals surface area contributed by atoms with Crippen LogP contribution >= 0.6 is 0 Å². The lowest BCUT2D eigenvalue weighted by Crippen LogP contribution is -2.29. The summed E-state index contributed by atoms with van der Waals surface area (Å²) in [5.41, 5.74) is 0. The van der Waals surface area contributed by atoms with Crippen LogP contribution in [-0.4, -0.2) is 50.7 Å². The zero-order chi connectivity index (χ0) is 21.4. The SMILES string of the molecule is COc1ccc(S(=O)(=O)NCCNc2cc(Nc3ccccn3)ncn2)c(OC)c1. The first-order chi connectivity index (χ1) is 14.5. The minimum absolute atomic E-state index is 0.0367. The quantitative estimate of drug-likeness (QED) is 0.414. The number of ether oxygens (including phenoxy) is 2. The third-order valence-corrected chi connectivity index (χ3v) is 5.47. The van der Waals surface area contributed by atoms with Crippen LogP contribution in [-0.2, 0) is 10.0 Å². The Hall–Kier alpha value is -3.44. The minimum atomic E-state index is -3.76. The summed E-state index contributed by atoms with van der Waals surface area (Å²) in [7, 11) is -0.854. The van der Waals surface area contributed by atoms with Crippen molar-refractivity contribution in [3.63, 3.8) is 0 Å². The van der Waals surface area contributed by atoms with E-state index in [1.165, 1.54) is 32.7 Å². The molecule has 0 spiro atoms. The van der Waals surface area contributed by atoms with Gasteiger partial charge in [0.05, 0.1) is 14.2 Å². The van der Waals surface area contributed by atoms with Gasteiger partial charge in [0.25, 0.3) is 0 Å². The minimum Gasteiger partial charge on any atom is -0.497 e. The van der Waals surface area contributed by atoms with E-state index >= 15 is 0 Å². The molecule has 1 aromatic carbocycles. The number of pyridine rings is 1. The first-order valence-electron chi connectivity index (χ1n) is 8.97. The third kappa shape index (κ3) is 5.55. The number of nitrogens with zero attached hydrogens (tertiary/aromatic N) is 3. The Labute approximate surface area is 174 Å². The van der Waals surface area contributed by atoms with Crippen molar-refractivity contribution < 1.29 is 17.9 Å². The maximum Gasteiger partial charge on any atom is 0.244 e. The number of benzene rings is 1.